The Labute approximate surface area is 160 Å². The molecule has 1 aromatic heterocycles. The van der Waals surface area contributed by atoms with Gasteiger partial charge >= 0.3 is 0 Å². The summed E-state index contributed by atoms with van der Waals surface area (Å²) in [5, 5.41) is 9.93. The zero-order valence-corrected chi connectivity index (χ0v) is 15.2. The third-order valence-electron chi connectivity index (χ3n) is 4.90. The fourth-order valence-corrected chi connectivity index (χ4v) is 3.37. The van der Waals surface area contributed by atoms with E-state index in [0.29, 0.717) is 12.1 Å². The largest absolute Gasteiger partial charge is 0.497 e. The average molecular weight is 382 g/mol. The molecule has 1 fully saturated rings. The second-order valence-corrected chi connectivity index (χ2v) is 6.68. The standard InChI is InChI=1S/C20H19FN4O3/c1-28-14-7-5-12(6-8-14)10-22-20(27)13-9-17(26)25(11-13)19-18-15(21)3-2-4-16(18)23-24-19/h2-8,13H,9-11H2,1H3,(H,22,27)(H,23,24). The van der Waals surface area contributed by atoms with E-state index < -0.39 is 11.7 Å². The summed E-state index contributed by atoms with van der Waals surface area (Å²) in [5.74, 6) is -0.465. The van der Waals surface area contributed by atoms with E-state index >= 15 is 0 Å². The van der Waals surface area contributed by atoms with Crippen LogP contribution >= 0.6 is 0 Å². The minimum Gasteiger partial charge on any atom is -0.497 e. The van der Waals surface area contributed by atoms with Crippen LogP contribution in [-0.2, 0) is 16.1 Å². The number of halogens is 1. The summed E-state index contributed by atoms with van der Waals surface area (Å²) in [4.78, 5) is 26.3. The molecular formula is C20H19FN4O3. The van der Waals surface area contributed by atoms with Crippen LogP contribution in [0.15, 0.2) is 42.5 Å². The van der Waals surface area contributed by atoms with Crippen LogP contribution in [0, 0.1) is 11.7 Å². The monoisotopic (exact) mass is 382 g/mol. The zero-order chi connectivity index (χ0) is 19.7. The van der Waals surface area contributed by atoms with Crippen molar-refractivity contribution in [1.82, 2.24) is 15.5 Å². The first kappa shape index (κ1) is 18.0. The number of fused-ring (bicyclic) bond motifs is 1. The summed E-state index contributed by atoms with van der Waals surface area (Å²) in [6.45, 7) is 0.523. The van der Waals surface area contributed by atoms with E-state index in [4.69, 9.17) is 4.74 Å². The van der Waals surface area contributed by atoms with Gasteiger partial charge < -0.3 is 10.1 Å². The van der Waals surface area contributed by atoms with Crippen molar-refractivity contribution in [2.45, 2.75) is 13.0 Å². The second kappa shape index (κ2) is 7.30. The van der Waals surface area contributed by atoms with Gasteiger partial charge in [0.15, 0.2) is 5.82 Å². The third kappa shape index (κ3) is 3.28. The summed E-state index contributed by atoms with van der Waals surface area (Å²) < 4.78 is 19.3. The van der Waals surface area contributed by atoms with Crippen LogP contribution in [0.2, 0.25) is 0 Å². The number of nitrogens with zero attached hydrogens (tertiary/aromatic N) is 2. The van der Waals surface area contributed by atoms with Gasteiger partial charge in [0, 0.05) is 19.5 Å². The highest BCUT2D eigenvalue weighted by atomic mass is 19.1. The molecule has 2 heterocycles. The number of amides is 2. The molecule has 1 saturated heterocycles. The molecule has 8 heteroatoms. The maximum atomic E-state index is 14.2. The Bertz CT molecular complexity index is 1030. The zero-order valence-electron chi connectivity index (χ0n) is 15.2. The van der Waals surface area contributed by atoms with Gasteiger partial charge in [0.25, 0.3) is 0 Å². The number of methoxy groups -OCH3 is 1. The molecule has 3 aromatic rings. The van der Waals surface area contributed by atoms with E-state index in [1.54, 1.807) is 19.2 Å². The molecule has 0 aliphatic carbocycles. The molecule has 1 aliphatic rings. The van der Waals surface area contributed by atoms with Crippen LogP contribution in [0.25, 0.3) is 10.9 Å². The van der Waals surface area contributed by atoms with Gasteiger partial charge in [-0.1, -0.05) is 18.2 Å². The molecule has 0 saturated carbocycles. The van der Waals surface area contributed by atoms with E-state index in [9.17, 15) is 14.0 Å². The highest BCUT2D eigenvalue weighted by Crippen LogP contribution is 2.31. The molecule has 4 rings (SSSR count). The summed E-state index contributed by atoms with van der Waals surface area (Å²) in [5.41, 5.74) is 1.44. The van der Waals surface area contributed by atoms with Crippen molar-refractivity contribution in [3.05, 3.63) is 53.8 Å². The number of hydrogen-bond acceptors (Lipinski definition) is 4. The maximum absolute atomic E-state index is 14.2. The van der Waals surface area contributed by atoms with Crippen molar-refractivity contribution in [2.75, 3.05) is 18.6 Å². The molecule has 2 N–H and O–H groups in total. The van der Waals surface area contributed by atoms with Crippen molar-refractivity contribution >= 4 is 28.5 Å². The first-order valence-electron chi connectivity index (χ1n) is 8.90. The lowest BCUT2D eigenvalue weighted by Gasteiger charge is -2.14. The SMILES string of the molecule is COc1ccc(CNC(=O)C2CC(=O)N(c3n[nH]c4cccc(F)c34)C2)cc1. The highest BCUT2D eigenvalue weighted by Gasteiger charge is 2.37. The van der Waals surface area contributed by atoms with E-state index in [0.717, 1.165) is 11.3 Å². The lowest BCUT2D eigenvalue weighted by Crippen LogP contribution is -2.32. The molecule has 1 aliphatic heterocycles. The number of aromatic amines is 1. The van der Waals surface area contributed by atoms with Gasteiger partial charge in [-0.25, -0.2) is 4.39 Å². The van der Waals surface area contributed by atoms with Crippen LogP contribution in [-0.4, -0.2) is 35.7 Å². The van der Waals surface area contributed by atoms with Gasteiger partial charge in [-0.15, -0.1) is 0 Å². The Morgan fingerprint density at radius 2 is 2.11 bits per heavy atom. The molecule has 1 unspecified atom stereocenters. The van der Waals surface area contributed by atoms with Crippen molar-refractivity contribution in [2.24, 2.45) is 5.92 Å². The average Bonchev–Trinajstić information content (AvgIpc) is 3.30. The van der Waals surface area contributed by atoms with Crippen molar-refractivity contribution in [1.29, 1.82) is 0 Å². The van der Waals surface area contributed by atoms with E-state index in [-0.39, 0.29) is 36.0 Å². The Morgan fingerprint density at radius 3 is 2.86 bits per heavy atom. The number of carbonyl (C=O) groups is 2. The molecule has 7 nitrogen and oxygen atoms in total. The molecule has 144 valence electrons. The highest BCUT2D eigenvalue weighted by molar-refractivity contribution is 6.05. The van der Waals surface area contributed by atoms with Crippen molar-refractivity contribution in [3.8, 4) is 5.75 Å². The quantitative estimate of drug-likeness (QED) is 0.709. The Hall–Kier alpha value is -3.42. The number of anilines is 1. The molecule has 1 atom stereocenters. The smallest absolute Gasteiger partial charge is 0.229 e. The molecule has 0 spiro atoms. The lowest BCUT2D eigenvalue weighted by atomic mass is 10.1. The molecular weight excluding hydrogens is 363 g/mol. The van der Waals surface area contributed by atoms with Crippen LogP contribution < -0.4 is 15.0 Å². The molecule has 28 heavy (non-hydrogen) atoms. The number of rotatable bonds is 5. The van der Waals surface area contributed by atoms with Crippen molar-refractivity contribution < 1.29 is 18.7 Å². The van der Waals surface area contributed by atoms with Gasteiger partial charge in [0.1, 0.15) is 11.6 Å². The Kier molecular flexibility index (Phi) is 4.68. The van der Waals surface area contributed by atoms with Gasteiger partial charge in [0.2, 0.25) is 11.8 Å². The third-order valence-corrected chi connectivity index (χ3v) is 4.90. The maximum Gasteiger partial charge on any atom is 0.229 e. The molecule has 0 radical (unpaired) electrons. The number of ether oxygens (including phenoxy) is 1. The molecule has 2 amide bonds. The van der Waals surface area contributed by atoms with Crippen LogP contribution in [0.1, 0.15) is 12.0 Å². The van der Waals surface area contributed by atoms with Gasteiger partial charge in [-0.3, -0.25) is 19.6 Å². The van der Waals surface area contributed by atoms with Gasteiger partial charge in [0.05, 0.1) is 23.9 Å². The number of aromatic nitrogens is 2. The lowest BCUT2D eigenvalue weighted by molar-refractivity contribution is -0.126. The van der Waals surface area contributed by atoms with Gasteiger partial charge in [-0.05, 0) is 29.8 Å². The Balaban J connectivity index is 1.44. The Morgan fingerprint density at radius 1 is 1.32 bits per heavy atom. The summed E-state index contributed by atoms with van der Waals surface area (Å²) in [7, 11) is 1.59. The predicted molar refractivity (Wildman–Crippen MR) is 101 cm³/mol. The van der Waals surface area contributed by atoms with Crippen LogP contribution in [0.5, 0.6) is 5.75 Å². The number of nitrogens with one attached hydrogen (secondary N) is 2. The van der Waals surface area contributed by atoms with E-state index in [1.165, 1.54) is 11.0 Å². The minimum atomic E-state index is -0.510. The first-order valence-corrected chi connectivity index (χ1v) is 8.90. The van der Waals surface area contributed by atoms with E-state index in [2.05, 4.69) is 15.5 Å². The van der Waals surface area contributed by atoms with Gasteiger partial charge in [-0.2, -0.15) is 5.10 Å². The van der Waals surface area contributed by atoms with Crippen LogP contribution in [0.4, 0.5) is 10.2 Å². The number of H-pyrrole nitrogens is 1. The topological polar surface area (TPSA) is 87.3 Å². The summed E-state index contributed by atoms with van der Waals surface area (Å²) in [6, 6.07) is 11.9. The summed E-state index contributed by atoms with van der Waals surface area (Å²) >= 11 is 0. The second-order valence-electron chi connectivity index (χ2n) is 6.68. The van der Waals surface area contributed by atoms with Crippen molar-refractivity contribution in [3.63, 3.8) is 0 Å². The minimum absolute atomic E-state index is 0.0667. The number of carbonyl (C=O) groups excluding carboxylic acids is 2. The van der Waals surface area contributed by atoms with E-state index in [1.807, 2.05) is 24.3 Å². The summed E-state index contributed by atoms with van der Waals surface area (Å²) in [6.07, 6.45) is 0.0667. The normalized spacial score (nSPS) is 16.6. The predicted octanol–water partition coefficient (Wildman–Crippen LogP) is 2.38. The fraction of sp³-hybridized carbons (Fsp3) is 0.250. The van der Waals surface area contributed by atoms with Crippen LogP contribution in [0.3, 0.4) is 0 Å². The molecule has 2 aromatic carbocycles. The fourth-order valence-electron chi connectivity index (χ4n) is 3.37. The molecule has 0 bridgehead atoms. The number of benzene rings is 2. The first-order chi connectivity index (χ1) is 13.6. The number of hydrogen-bond donors (Lipinski definition) is 2.